The van der Waals surface area contributed by atoms with Crippen LogP contribution in [0.3, 0.4) is 0 Å². The molecule has 0 unspecified atom stereocenters. The van der Waals surface area contributed by atoms with Crippen molar-refractivity contribution in [1.29, 1.82) is 0 Å². The molecule has 0 atom stereocenters. The van der Waals surface area contributed by atoms with Crippen molar-refractivity contribution in [3.05, 3.63) is 69.6 Å². The number of aryl methyl sites for hydroxylation is 1. The number of hydrogen-bond acceptors (Lipinski definition) is 10. The maximum atomic E-state index is 12.8. The highest BCUT2D eigenvalue weighted by molar-refractivity contribution is 7.17. The van der Waals surface area contributed by atoms with E-state index in [1.807, 2.05) is 0 Å². The van der Waals surface area contributed by atoms with Crippen LogP contribution < -0.4 is 25.0 Å². The number of carbonyl (C=O) groups is 4. The van der Waals surface area contributed by atoms with E-state index in [0.29, 0.717) is 39.6 Å². The van der Waals surface area contributed by atoms with Gasteiger partial charge in [0, 0.05) is 10.4 Å². The molecule has 1 aromatic heterocycles. The van der Waals surface area contributed by atoms with Gasteiger partial charge in [0.25, 0.3) is 0 Å². The van der Waals surface area contributed by atoms with Gasteiger partial charge in [-0.1, -0.05) is 12.5 Å². The highest BCUT2D eigenvalue weighted by atomic mass is 32.1. The number of benzene rings is 2. The summed E-state index contributed by atoms with van der Waals surface area (Å²) in [6, 6.07) is 11.3. The van der Waals surface area contributed by atoms with Gasteiger partial charge in [-0.15, -0.1) is 11.3 Å². The van der Waals surface area contributed by atoms with Gasteiger partial charge in [-0.2, -0.15) is 5.10 Å². The van der Waals surface area contributed by atoms with Crippen molar-refractivity contribution in [2.75, 3.05) is 26.1 Å². The number of thiophene rings is 1. The van der Waals surface area contributed by atoms with Gasteiger partial charge < -0.3 is 24.3 Å². The summed E-state index contributed by atoms with van der Waals surface area (Å²) in [6.45, 7) is 3.54. The predicted molar refractivity (Wildman–Crippen MR) is 161 cm³/mol. The van der Waals surface area contributed by atoms with E-state index in [-0.39, 0.29) is 18.1 Å². The number of ether oxygens (including phenoxy) is 4. The lowest BCUT2D eigenvalue weighted by atomic mass is 10.1. The molecule has 2 amide bonds. The predicted octanol–water partition coefficient (Wildman–Crippen LogP) is 4.91. The zero-order chi connectivity index (χ0) is 30.9. The number of rotatable bonds is 9. The van der Waals surface area contributed by atoms with Gasteiger partial charge in [0.15, 0.2) is 11.5 Å². The normalized spacial score (nSPS) is 12.8. The monoisotopic (exact) mass is 607 g/mol. The molecule has 4 rings (SSSR count). The Bertz CT molecular complexity index is 1560. The van der Waals surface area contributed by atoms with E-state index in [1.165, 1.54) is 31.6 Å². The zero-order valence-corrected chi connectivity index (χ0v) is 25.2. The molecule has 0 saturated heterocycles. The number of anilines is 1. The highest BCUT2D eigenvalue weighted by Crippen LogP contribution is 2.38. The Balaban J connectivity index is 1.44. The van der Waals surface area contributed by atoms with Crippen LogP contribution in [0.4, 0.5) is 5.00 Å². The number of hydrogen-bond donors (Lipinski definition) is 2. The van der Waals surface area contributed by atoms with Crippen LogP contribution in [0.15, 0.2) is 47.6 Å². The Morgan fingerprint density at radius 3 is 2.42 bits per heavy atom. The minimum absolute atomic E-state index is 0.182. The van der Waals surface area contributed by atoms with Gasteiger partial charge in [0.05, 0.1) is 37.7 Å². The fraction of sp³-hybridized carbons (Fsp3) is 0.323. The quantitative estimate of drug-likeness (QED) is 0.0873. The molecule has 0 aliphatic heterocycles. The third-order valence-corrected chi connectivity index (χ3v) is 7.96. The molecule has 0 saturated carbocycles. The van der Waals surface area contributed by atoms with Crippen LogP contribution in [0.25, 0.3) is 0 Å². The van der Waals surface area contributed by atoms with Crippen LogP contribution in [-0.4, -0.2) is 50.3 Å². The summed E-state index contributed by atoms with van der Waals surface area (Å²) in [7, 11) is 2.93. The SMILES string of the molecule is CCOC(=O)c1c(NC(=O)C(=O)N/N=C(\C)c2ccc(OC(=O)c3cccc(OC)c3)c(OC)c2)sc2c1CCCCC2. The minimum Gasteiger partial charge on any atom is -0.497 e. The lowest BCUT2D eigenvalue weighted by Crippen LogP contribution is -2.33. The van der Waals surface area contributed by atoms with E-state index in [2.05, 4.69) is 15.8 Å². The number of amides is 2. The minimum atomic E-state index is -1.01. The van der Waals surface area contributed by atoms with E-state index >= 15 is 0 Å². The van der Waals surface area contributed by atoms with Gasteiger partial charge >= 0.3 is 23.8 Å². The van der Waals surface area contributed by atoms with Crippen molar-refractivity contribution in [3.63, 3.8) is 0 Å². The van der Waals surface area contributed by atoms with Crippen LogP contribution in [-0.2, 0) is 27.2 Å². The van der Waals surface area contributed by atoms with Crippen LogP contribution >= 0.6 is 11.3 Å². The molecular formula is C31H33N3O8S. The summed E-state index contributed by atoms with van der Waals surface area (Å²) in [6.07, 6.45) is 4.52. The molecule has 3 aromatic rings. The second-order valence-corrected chi connectivity index (χ2v) is 10.7. The van der Waals surface area contributed by atoms with Crippen molar-refractivity contribution in [2.24, 2.45) is 5.10 Å². The second-order valence-electron chi connectivity index (χ2n) is 9.57. The molecule has 2 N–H and O–H groups in total. The van der Waals surface area contributed by atoms with Crippen molar-refractivity contribution in [1.82, 2.24) is 5.43 Å². The molecule has 0 radical (unpaired) electrons. The molecule has 0 bridgehead atoms. The maximum Gasteiger partial charge on any atom is 0.343 e. The lowest BCUT2D eigenvalue weighted by Gasteiger charge is -2.11. The van der Waals surface area contributed by atoms with Gasteiger partial charge in [0.1, 0.15) is 10.8 Å². The summed E-state index contributed by atoms with van der Waals surface area (Å²) in [5.41, 5.74) is 4.67. The Morgan fingerprint density at radius 2 is 1.67 bits per heavy atom. The smallest absolute Gasteiger partial charge is 0.343 e. The topological polar surface area (TPSA) is 142 Å². The average molecular weight is 608 g/mol. The van der Waals surface area contributed by atoms with Gasteiger partial charge in [-0.05, 0) is 81.5 Å². The maximum absolute atomic E-state index is 12.8. The van der Waals surface area contributed by atoms with Crippen LogP contribution in [0, 0.1) is 0 Å². The number of fused-ring (bicyclic) bond motifs is 1. The Labute approximate surface area is 253 Å². The number of nitrogens with zero attached hydrogens (tertiary/aromatic N) is 1. The third kappa shape index (κ3) is 7.58. The second kappa shape index (κ2) is 14.5. The van der Waals surface area contributed by atoms with Crippen LogP contribution in [0.2, 0.25) is 0 Å². The Morgan fingerprint density at radius 1 is 0.884 bits per heavy atom. The Hall–Kier alpha value is -4.71. The van der Waals surface area contributed by atoms with Gasteiger partial charge in [-0.25, -0.2) is 15.0 Å². The van der Waals surface area contributed by atoms with Crippen LogP contribution in [0.1, 0.15) is 69.8 Å². The van der Waals surface area contributed by atoms with E-state index in [1.54, 1.807) is 50.2 Å². The molecule has 0 fully saturated rings. The van der Waals surface area contributed by atoms with E-state index in [0.717, 1.165) is 36.1 Å². The lowest BCUT2D eigenvalue weighted by molar-refractivity contribution is -0.136. The summed E-state index contributed by atoms with van der Waals surface area (Å²) in [5.74, 6) is -2.12. The average Bonchev–Trinajstić information content (AvgIpc) is 3.19. The number of carbonyl (C=O) groups excluding carboxylic acids is 4. The number of methoxy groups -OCH3 is 2. The van der Waals surface area contributed by atoms with E-state index in [9.17, 15) is 19.2 Å². The fourth-order valence-electron chi connectivity index (χ4n) is 4.55. The Kier molecular flexibility index (Phi) is 10.5. The summed E-state index contributed by atoms with van der Waals surface area (Å²) >= 11 is 1.30. The number of esters is 2. The summed E-state index contributed by atoms with van der Waals surface area (Å²) in [5, 5.41) is 6.92. The van der Waals surface area contributed by atoms with E-state index < -0.39 is 23.8 Å². The molecule has 1 aliphatic carbocycles. The summed E-state index contributed by atoms with van der Waals surface area (Å²) < 4.78 is 21.3. The third-order valence-electron chi connectivity index (χ3n) is 6.75. The molecule has 12 heteroatoms. The van der Waals surface area contributed by atoms with Crippen molar-refractivity contribution in [3.8, 4) is 17.2 Å². The van der Waals surface area contributed by atoms with Crippen molar-refractivity contribution >= 4 is 45.8 Å². The van der Waals surface area contributed by atoms with Crippen molar-refractivity contribution in [2.45, 2.75) is 46.0 Å². The van der Waals surface area contributed by atoms with Crippen LogP contribution in [0.5, 0.6) is 17.2 Å². The van der Waals surface area contributed by atoms with Crippen molar-refractivity contribution < 1.29 is 38.1 Å². The molecular weight excluding hydrogens is 574 g/mol. The first-order valence-electron chi connectivity index (χ1n) is 13.8. The molecule has 226 valence electrons. The summed E-state index contributed by atoms with van der Waals surface area (Å²) in [4.78, 5) is 51.8. The molecule has 11 nitrogen and oxygen atoms in total. The van der Waals surface area contributed by atoms with E-state index in [4.69, 9.17) is 18.9 Å². The largest absolute Gasteiger partial charge is 0.497 e. The first-order chi connectivity index (χ1) is 20.7. The zero-order valence-electron chi connectivity index (χ0n) is 24.4. The highest BCUT2D eigenvalue weighted by Gasteiger charge is 2.28. The molecule has 0 spiro atoms. The molecule has 1 heterocycles. The first-order valence-corrected chi connectivity index (χ1v) is 14.6. The van der Waals surface area contributed by atoms with Gasteiger partial charge in [-0.3, -0.25) is 9.59 Å². The molecule has 1 aliphatic rings. The molecule has 2 aromatic carbocycles. The number of nitrogens with one attached hydrogen (secondary N) is 2. The first kappa shape index (κ1) is 31.2. The number of hydrazone groups is 1. The fourth-order valence-corrected chi connectivity index (χ4v) is 5.82. The standard InChI is InChI=1S/C31H33N3O8S/c1-5-41-31(38)26-22-12-7-6-8-13-25(22)43-29(26)32-27(35)28(36)34-33-18(2)19-14-15-23(24(17-19)40-4)42-30(37)20-10-9-11-21(16-20)39-3/h9-11,14-17H,5-8,12-13H2,1-4H3,(H,32,35)(H,34,36)/b33-18+. The molecule has 43 heavy (non-hydrogen) atoms. The van der Waals surface area contributed by atoms with Gasteiger partial charge in [0.2, 0.25) is 0 Å².